The molecule has 0 aliphatic heterocycles. The van der Waals surface area contributed by atoms with E-state index in [0.29, 0.717) is 16.8 Å². The average molecular weight is 432 g/mol. The Kier molecular flexibility index (Phi) is 7.48. The third kappa shape index (κ3) is 6.91. The van der Waals surface area contributed by atoms with Crippen molar-refractivity contribution in [1.29, 1.82) is 0 Å². The van der Waals surface area contributed by atoms with E-state index in [2.05, 4.69) is 10.6 Å². The Hall–Kier alpha value is -4.26. The van der Waals surface area contributed by atoms with Crippen molar-refractivity contribution in [3.8, 4) is 5.75 Å². The maximum atomic E-state index is 12.9. The molecule has 0 bridgehead atoms. The number of carbonyl (C=O) groups is 3. The van der Waals surface area contributed by atoms with Crippen LogP contribution in [-0.4, -0.2) is 17.8 Å². The van der Waals surface area contributed by atoms with Gasteiger partial charge < -0.3 is 15.4 Å². The molecule has 0 atom stereocenters. The molecule has 3 aromatic carbocycles. The lowest BCUT2D eigenvalue weighted by molar-refractivity contribution is -0.131. The molecular formula is C25H21FN2O4. The minimum absolute atomic E-state index is 0.262. The predicted octanol–water partition coefficient (Wildman–Crippen LogP) is 4.33. The Morgan fingerprint density at radius 3 is 2.47 bits per heavy atom. The van der Waals surface area contributed by atoms with Gasteiger partial charge in [-0.1, -0.05) is 30.3 Å². The standard InChI is InChI=1S/C25H21FN2O4/c1-17(29)32-23-7-3-5-20(15-23)25(31)28-22-6-2-4-19(14-22)16-27-24(30)13-10-18-8-11-21(26)12-9-18/h2-15H,16H2,1H3,(H,27,30)(H,28,31)/b13-10+. The third-order valence-corrected chi connectivity index (χ3v) is 4.31. The van der Waals surface area contributed by atoms with E-state index in [1.165, 1.54) is 31.2 Å². The largest absolute Gasteiger partial charge is 0.427 e. The van der Waals surface area contributed by atoms with E-state index in [-0.39, 0.29) is 29.9 Å². The molecule has 0 aliphatic rings. The van der Waals surface area contributed by atoms with Crippen LogP contribution < -0.4 is 15.4 Å². The zero-order valence-corrected chi connectivity index (χ0v) is 17.3. The van der Waals surface area contributed by atoms with Crippen molar-refractivity contribution in [2.45, 2.75) is 13.5 Å². The SMILES string of the molecule is CC(=O)Oc1cccc(C(=O)Nc2cccc(CNC(=O)/C=C/c3ccc(F)cc3)c2)c1. The van der Waals surface area contributed by atoms with Crippen LogP contribution in [-0.2, 0) is 16.1 Å². The highest BCUT2D eigenvalue weighted by Gasteiger charge is 2.09. The van der Waals surface area contributed by atoms with Crippen LogP contribution in [0.3, 0.4) is 0 Å². The van der Waals surface area contributed by atoms with Gasteiger partial charge in [-0.2, -0.15) is 0 Å². The molecule has 0 aliphatic carbocycles. The van der Waals surface area contributed by atoms with Crippen LogP contribution in [0.25, 0.3) is 6.08 Å². The van der Waals surface area contributed by atoms with E-state index in [0.717, 1.165) is 5.56 Å². The van der Waals surface area contributed by atoms with Crippen molar-refractivity contribution in [3.63, 3.8) is 0 Å². The lowest BCUT2D eigenvalue weighted by atomic mass is 10.1. The van der Waals surface area contributed by atoms with Gasteiger partial charge in [-0.25, -0.2) is 4.39 Å². The van der Waals surface area contributed by atoms with E-state index in [1.54, 1.807) is 54.6 Å². The van der Waals surface area contributed by atoms with E-state index >= 15 is 0 Å². The summed E-state index contributed by atoms with van der Waals surface area (Å²) in [5, 5.41) is 5.54. The first-order valence-electron chi connectivity index (χ1n) is 9.79. The Bertz CT molecular complexity index is 1160. The molecule has 32 heavy (non-hydrogen) atoms. The maximum absolute atomic E-state index is 12.9. The highest BCUT2D eigenvalue weighted by molar-refractivity contribution is 6.04. The molecular weight excluding hydrogens is 411 g/mol. The van der Waals surface area contributed by atoms with E-state index in [4.69, 9.17) is 4.74 Å². The molecule has 7 heteroatoms. The number of hydrogen-bond donors (Lipinski definition) is 2. The van der Waals surface area contributed by atoms with Gasteiger partial charge in [0.15, 0.2) is 0 Å². The third-order valence-electron chi connectivity index (χ3n) is 4.31. The maximum Gasteiger partial charge on any atom is 0.308 e. The van der Waals surface area contributed by atoms with Crippen LogP contribution >= 0.6 is 0 Å². The Morgan fingerprint density at radius 1 is 0.969 bits per heavy atom. The first kappa shape index (κ1) is 22.4. The molecule has 2 amide bonds. The topological polar surface area (TPSA) is 84.5 Å². The van der Waals surface area contributed by atoms with Crippen LogP contribution in [0.4, 0.5) is 10.1 Å². The molecule has 3 rings (SSSR count). The van der Waals surface area contributed by atoms with Crippen LogP contribution in [0.2, 0.25) is 0 Å². The summed E-state index contributed by atoms with van der Waals surface area (Å²) < 4.78 is 17.9. The minimum Gasteiger partial charge on any atom is -0.427 e. The van der Waals surface area contributed by atoms with Gasteiger partial charge in [0.2, 0.25) is 5.91 Å². The molecule has 0 unspecified atom stereocenters. The summed E-state index contributed by atoms with van der Waals surface area (Å²) in [7, 11) is 0. The molecule has 0 spiro atoms. The number of benzene rings is 3. The van der Waals surface area contributed by atoms with Gasteiger partial charge in [0.05, 0.1) is 0 Å². The van der Waals surface area contributed by atoms with Gasteiger partial charge in [0, 0.05) is 30.8 Å². The van der Waals surface area contributed by atoms with Crippen LogP contribution in [0.15, 0.2) is 78.9 Å². The predicted molar refractivity (Wildman–Crippen MR) is 119 cm³/mol. The van der Waals surface area contributed by atoms with E-state index in [1.807, 2.05) is 6.07 Å². The van der Waals surface area contributed by atoms with Crippen molar-refractivity contribution < 1.29 is 23.5 Å². The van der Waals surface area contributed by atoms with E-state index in [9.17, 15) is 18.8 Å². The zero-order chi connectivity index (χ0) is 22.9. The number of rotatable bonds is 7. The first-order valence-corrected chi connectivity index (χ1v) is 9.79. The Balaban J connectivity index is 1.57. The smallest absolute Gasteiger partial charge is 0.308 e. The fourth-order valence-electron chi connectivity index (χ4n) is 2.82. The Labute approximate surface area is 184 Å². The molecule has 0 saturated heterocycles. The first-order chi connectivity index (χ1) is 15.4. The summed E-state index contributed by atoms with van der Waals surface area (Å²) in [5.41, 5.74) is 2.40. The second-order valence-electron chi connectivity index (χ2n) is 6.88. The minimum atomic E-state index is -0.468. The lowest BCUT2D eigenvalue weighted by Gasteiger charge is -2.09. The number of anilines is 1. The lowest BCUT2D eigenvalue weighted by Crippen LogP contribution is -2.20. The normalized spacial score (nSPS) is 10.6. The molecule has 162 valence electrons. The number of hydrogen-bond acceptors (Lipinski definition) is 4. The quantitative estimate of drug-likeness (QED) is 0.331. The number of halogens is 1. The molecule has 0 saturated carbocycles. The number of ether oxygens (including phenoxy) is 1. The van der Waals surface area contributed by atoms with Crippen LogP contribution in [0, 0.1) is 5.82 Å². The molecule has 6 nitrogen and oxygen atoms in total. The highest BCUT2D eigenvalue weighted by atomic mass is 19.1. The summed E-state index contributed by atoms with van der Waals surface area (Å²) in [6, 6.07) is 19.2. The number of amides is 2. The fraction of sp³-hybridized carbons (Fsp3) is 0.0800. The number of esters is 1. The fourth-order valence-corrected chi connectivity index (χ4v) is 2.82. The second kappa shape index (κ2) is 10.7. The van der Waals surface area contributed by atoms with Gasteiger partial charge in [-0.3, -0.25) is 14.4 Å². The van der Waals surface area contributed by atoms with Crippen molar-refractivity contribution in [1.82, 2.24) is 5.32 Å². The summed E-state index contributed by atoms with van der Waals surface area (Å²) in [4.78, 5) is 35.6. The van der Waals surface area contributed by atoms with Crippen molar-refractivity contribution in [3.05, 3.63) is 101 Å². The second-order valence-corrected chi connectivity index (χ2v) is 6.88. The molecule has 0 radical (unpaired) electrons. The van der Waals surface area contributed by atoms with Gasteiger partial charge in [-0.15, -0.1) is 0 Å². The van der Waals surface area contributed by atoms with Crippen LogP contribution in [0.1, 0.15) is 28.4 Å². The monoisotopic (exact) mass is 432 g/mol. The highest BCUT2D eigenvalue weighted by Crippen LogP contribution is 2.16. The molecule has 0 heterocycles. The molecule has 3 aromatic rings. The number of carbonyl (C=O) groups excluding carboxylic acids is 3. The van der Waals surface area contributed by atoms with Crippen molar-refractivity contribution in [2.24, 2.45) is 0 Å². The molecule has 0 fully saturated rings. The summed E-state index contributed by atoms with van der Waals surface area (Å²) in [5.74, 6) is -1.18. The number of nitrogens with one attached hydrogen (secondary N) is 2. The zero-order valence-electron chi connectivity index (χ0n) is 17.3. The Morgan fingerprint density at radius 2 is 1.72 bits per heavy atom. The van der Waals surface area contributed by atoms with Crippen molar-refractivity contribution >= 4 is 29.5 Å². The van der Waals surface area contributed by atoms with Gasteiger partial charge in [0.25, 0.3) is 5.91 Å². The summed E-state index contributed by atoms with van der Waals surface area (Å²) >= 11 is 0. The van der Waals surface area contributed by atoms with E-state index < -0.39 is 5.97 Å². The van der Waals surface area contributed by atoms with Gasteiger partial charge >= 0.3 is 5.97 Å². The summed E-state index contributed by atoms with van der Waals surface area (Å²) in [6.07, 6.45) is 2.96. The van der Waals surface area contributed by atoms with Gasteiger partial charge in [0.1, 0.15) is 11.6 Å². The van der Waals surface area contributed by atoms with Crippen LogP contribution in [0.5, 0.6) is 5.75 Å². The summed E-state index contributed by atoms with van der Waals surface area (Å²) in [6.45, 7) is 1.55. The van der Waals surface area contributed by atoms with Crippen molar-refractivity contribution in [2.75, 3.05) is 5.32 Å². The molecule has 2 N–H and O–H groups in total. The van der Waals surface area contributed by atoms with Gasteiger partial charge in [-0.05, 0) is 59.7 Å². The average Bonchev–Trinajstić information content (AvgIpc) is 2.77. The molecule has 0 aromatic heterocycles.